The van der Waals surface area contributed by atoms with Crippen molar-refractivity contribution in [2.75, 3.05) is 20.3 Å². The third-order valence-corrected chi connectivity index (χ3v) is 0.810. The van der Waals surface area contributed by atoms with Crippen molar-refractivity contribution in [1.29, 1.82) is 0 Å². The van der Waals surface area contributed by atoms with Crippen molar-refractivity contribution < 1.29 is 4.39 Å². The molecule has 0 radical (unpaired) electrons. The predicted octanol–water partition coefficient (Wildman–Crippen LogP) is 1.98. The summed E-state index contributed by atoms with van der Waals surface area (Å²) in [4.78, 5) is 0. The van der Waals surface area contributed by atoms with Gasteiger partial charge in [0.1, 0.15) is 0 Å². The van der Waals surface area contributed by atoms with Gasteiger partial charge in [-0.3, -0.25) is 4.39 Å². The zero-order valence-electron chi connectivity index (χ0n) is 6.71. The highest BCUT2D eigenvalue weighted by Gasteiger charge is 1.81. The third kappa shape index (κ3) is 18.1. The fourth-order valence-corrected chi connectivity index (χ4v) is 0.396. The van der Waals surface area contributed by atoms with Gasteiger partial charge in [-0.05, 0) is 26.4 Å². The van der Waals surface area contributed by atoms with Gasteiger partial charge >= 0.3 is 0 Å². The Labute approximate surface area is 57.7 Å². The molecule has 0 atom stereocenters. The Morgan fingerprint density at radius 1 is 1.22 bits per heavy atom. The van der Waals surface area contributed by atoms with Gasteiger partial charge in [-0.1, -0.05) is 13.8 Å². The van der Waals surface area contributed by atoms with Gasteiger partial charge < -0.3 is 5.32 Å². The quantitative estimate of drug-likeness (QED) is 0.581. The highest BCUT2D eigenvalue weighted by molar-refractivity contribution is 4.39. The minimum atomic E-state index is -0.179. The second kappa shape index (κ2) is 15.7. The van der Waals surface area contributed by atoms with E-state index in [0.717, 1.165) is 13.0 Å². The van der Waals surface area contributed by atoms with Gasteiger partial charge in [0.2, 0.25) is 0 Å². The van der Waals surface area contributed by atoms with Gasteiger partial charge in [-0.15, -0.1) is 0 Å². The van der Waals surface area contributed by atoms with E-state index in [0.29, 0.717) is 6.42 Å². The fourth-order valence-electron chi connectivity index (χ4n) is 0.396. The van der Waals surface area contributed by atoms with Crippen LogP contribution in [0.3, 0.4) is 0 Å². The van der Waals surface area contributed by atoms with Crippen molar-refractivity contribution in [3.05, 3.63) is 0 Å². The van der Waals surface area contributed by atoms with E-state index < -0.39 is 0 Å². The normalized spacial score (nSPS) is 8.00. The lowest BCUT2D eigenvalue weighted by atomic mass is 10.3. The molecule has 0 heterocycles. The Kier molecular flexibility index (Phi) is 20.3. The molecule has 0 amide bonds. The fraction of sp³-hybridized carbons (Fsp3) is 1.00. The Hall–Kier alpha value is -0.110. The lowest BCUT2D eigenvalue weighted by Crippen LogP contribution is -2.07. The summed E-state index contributed by atoms with van der Waals surface area (Å²) in [5.74, 6) is 0. The maximum absolute atomic E-state index is 11.3. The molecule has 0 saturated heterocycles. The Morgan fingerprint density at radius 2 is 1.78 bits per heavy atom. The molecule has 0 aliphatic heterocycles. The van der Waals surface area contributed by atoms with Crippen LogP contribution in [0.5, 0.6) is 0 Å². The average Bonchev–Trinajstić information content (AvgIpc) is 1.94. The first kappa shape index (κ1) is 11.7. The molecule has 2 heteroatoms. The molecule has 0 aliphatic carbocycles. The molecule has 58 valence electrons. The maximum Gasteiger partial charge on any atom is 0.0894 e. The molecule has 0 rings (SSSR count). The predicted molar refractivity (Wildman–Crippen MR) is 40.5 cm³/mol. The Bertz CT molecular complexity index is 28.1. The molecular weight excluding hydrogens is 117 g/mol. The van der Waals surface area contributed by atoms with Crippen molar-refractivity contribution in [2.24, 2.45) is 0 Å². The van der Waals surface area contributed by atoms with E-state index >= 15 is 0 Å². The molecule has 0 spiro atoms. The molecule has 0 bridgehead atoms. The second-order valence-corrected chi connectivity index (χ2v) is 1.50. The summed E-state index contributed by atoms with van der Waals surface area (Å²) in [6.07, 6.45) is 1.65. The lowest BCUT2D eigenvalue weighted by Gasteiger charge is -1.91. The summed E-state index contributed by atoms with van der Waals surface area (Å²) in [5, 5.41) is 2.94. The van der Waals surface area contributed by atoms with Gasteiger partial charge in [0.25, 0.3) is 0 Å². The molecule has 0 aromatic rings. The van der Waals surface area contributed by atoms with Crippen LogP contribution in [0, 0.1) is 0 Å². The molecule has 0 unspecified atom stereocenters. The maximum atomic E-state index is 11.3. The number of hydrogen-bond donors (Lipinski definition) is 1. The van der Waals surface area contributed by atoms with Crippen molar-refractivity contribution in [2.45, 2.75) is 26.7 Å². The molecule has 0 aromatic carbocycles. The van der Waals surface area contributed by atoms with Crippen molar-refractivity contribution in [3.8, 4) is 0 Å². The number of unbranched alkanes of at least 4 members (excludes halogenated alkanes) is 1. The van der Waals surface area contributed by atoms with Gasteiger partial charge in [0.05, 0.1) is 6.67 Å². The van der Waals surface area contributed by atoms with Gasteiger partial charge in [-0.25, -0.2) is 0 Å². The topological polar surface area (TPSA) is 12.0 Å². The smallest absolute Gasteiger partial charge is 0.0894 e. The highest BCUT2D eigenvalue weighted by Crippen LogP contribution is 1.84. The number of rotatable bonds is 4. The monoisotopic (exact) mass is 135 g/mol. The van der Waals surface area contributed by atoms with Crippen molar-refractivity contribution in [3.63, 3.8) is 0 Å². The van der Waals surface area contributed by atoms with Crippen LogP contribution >= 0.6 is 0 Å². The van der Waals surface area contributed by atoms with Crippen molar-refractivity contribution in [1.82, 2.24) is 5.32 Å². The molecule has 0 fully saturated rings. The van der Waals surface area contributed by atoms with E-state index in [-0.39, 0.29) is 6.67 Å². The number of alkyl halides is 1. The molecule has 0 aromatic heterocycles. The zero-order chi connectivity index (χ0) is 7.54. The number of nitrogens with one attached hydrogen (secondary N) is 1. The van der Waals surface area contributed by atoms with Gasteiger partial charge in [0, 0.05) is 0 Å². The average molecular weight is 135 g/mol. The van der Waals surface area contributed by atoms with Crippen LogP contribution in [0.25, 0.3) is 0 Å². The summed E-state index contributed by atoms with van der Waals surface area (Å²) in [6.45, 7) is 4.76. The van der Waals surface area contributed by atoms with E-state index in [9.17, 15) is 4.39 Å². The van der Waals surface area contributed by atoms with E-state index in [2.05, 4.69) is 5.32 Å². The van der Waals surface area contributed by atoms with Crippen LogP contribution in [0.4, 0.5) is 4.39 Å². The number of hydrogen-bond acceptors (Lipinski definition) is 1. The second-order valence-electron chi connectivity index (χ2n) is 1.50. The van der Waals surface area contributed by atoms with E-state index in [1.807, 2.05) is 20.9 Å². The third-order valence-electron chi connectivity index (χ3n) is 0.810. The zero-order valence-corrected chi connectivity index (χ0v) is 6.71. The van der Waals surface area contributed by atoms with E-state index in [1.54, 1.807) is 0 Å². The summed E-state index contributed by atoms with van der Waals surface area (Å²) >= 11 is 0. The molecule has 9 heavy (non-hydrogen) atoms. The number of halogens is 1. The molecule has 1 nitrogen and oxygen atoms in total. The standard InChI is InChI=1S/C5H12FN.C2H6/c1-7-5-3-2-4-6;1-2/h7H,2-5H2,1H3;1-2H3. The largest absolute Gasteiger partial charge is 0.320 e. The van der Waals surface area contributed by atoms with Crippen LogP contribution in [0.15, 0.2) is 0 Å². The molecule has 0 aliphatic rings. The van der Waals surface area contributed by atoms with E-state index in [4.69, 9.17) is 0 Å². The first-order chi connectivity index (χ1) is 4.41. The first-order valence-electron chi connectivity index (χ1n) is 3.62. The van der Waals surface area contributed by atoms with E-state index in [1.165, 1.54) is 0 Å². The minimum absolute atomic E-state index is 0.179. The Morgan fingerprint density at radius 3 is 2.11 bits per heavy atom. The van der Waals surface area contributed by atoms with Crippen LogP contribution < -0.4 is 5.32 Å². The molecule has 1 N–H and O–H groups in total. The summed E-state index contributed by atoms with van der Waals surface area (Å²) in [6, 6.07) is 0. The Balaban J connectivity index is 0. The van der Waals surface area contributed by atoms with Crippen LogP contribution in [0.2, 0.25) is 0 Å². The summed E-state index contributed by atoms with van der Waals surface area (Å²) in [5.41, 5.74) is 0. The SMILES string of the molecule is CC.CNCCCCF. The van der Waals surface area contributed by atoms with Crippen LogP contribution in [0.1, 0.15) is 26.7 Å². The summed E-state index contributed by atoms with van der Waals surface area (Å²) in [7, 11) is 1.87. The van der Waals surface area contributed by atoms with Crippen LogP contribution in [-0.2, 0) is 0 Å². The molecular formula is C7H18FN. The van der Waals surface area contributed by atoms with Crippen molar-refractivity contribution >= 4 is 0 Å². The lowest BCUT2D eigenvalue weighted by molar-refractivity contribution is 0.459. The molecule has 0 saturated carbocycles. The first-order valence-corrected chi connectivity index (χ1v) is 3.62. The van der Waals surface area contributed by atoms with Crippen LogP contribution in [-0.4, -0.2) is 20.3 Å². The summed E-state index contributed by atoms with van der Waals surface area (Å²) < 4.78 is 11.3. The minimum Gasteiger partial charge on any atom is -0.320 e. The van der Waals surface area contributed by atoms with Gasteiger partial charge in [-0.2, -0.15) is 0 Å². The van der Waals surface area contributed by atoms with Gasteiger partial charge in [0.15, 0.2) is 0 Å². The highest BCUT2D eigenvalue weighted by atomic mass is 19.1.